The van der Waals surface area contributed by atoms with Crippen LogP contribution in [-0.2, 0) is 4.74 Å². The number of nitrogens with zero attached hydrogens (tertiary/aromatic N) is 2. The zero-order valence-corrected chi connectivity index (χ0v) is 9.89. The Balaban J connectivity index is 3.33. The highest BCUT2D eigenvalue weighted by Crippen LogP contribution is 2.23. The molecule has 0 fully saturated rings. The first kappa shape index (κ1) is 12.4. The summed E-state index contributed by atoms with van der Waals surface area (Å²) >= 11 is 8.96. The Morgan fingerprint density at radius 3 is 2.06 bits per heavy atom. The number of hydrogen-bond donors (Lipinski definition) is 0. The first-order chi connectivity index (χ1) is 7.71. The summed E-state index contributed by atoms with van der Waals surface area (Å²) in [6.45, 7) is 0. The zero-order valence-electron chi connectivity index (χ0n) is 8.26. The van der Waals surface area contributed by atoms with E-state index in [2.05, 4.69) is 49.5 Å². The molecule has 0 aromatic heterocycles. The van der Waals surface area contributed by atoms with Gasteiger partial charge in [0.15, 0.2) is 0 Å². The molecule has 0 radical (unpaired) electrons. The summed E-state index contributed by atoms with van der Waals surface area (Å²) in [5, 5.41) is 4.41. The Morgan fingerprint density at radius 2 is 1.69 bits per heavy atom. The van der Waals surface area contributed by atoms with Crippen molar-refractivity contribution in [2.24, 2.45) is 9.98 Å². The Bertz CT molecular complexity index is 479. The summed E-state index contributed by atoms with van der Waals surface area (Å²) in [6.07, 6.45) is 0. The number of benzene rings is 1. The predicted octanol–water partition coefficient (Wildman–Crippen LogP) is 2.94. The second-order valence-electron chi connectivity index (χ2n) is 2.64. The average Bonchev–Trinajstić information content (AvgIpc) is 2.28. The van der Waals surface area contributed by atoms with Crippen molar-refractivity contribution >= 4 is 52.1 Å². The quantitative estimate of drug-likeness (QED) is 0.470. The highest BCUT2D eigenvalue weighted by atomic mass is 32.1. The van der Waals surface area contributed by atoms with Crippen molar-refractivity contribution in [2.45, 2.75) is 0 Å². The maximum Gasteiger partial charge on any atom is 0.338 e. The van der Waals surface area contributed by atoms with Gasteiger partial charge in [-0.1, -0.05) is 0 Å². The number of carbonyl (C=O) groups excluding carboxylic acids is 1. The summed E-state index contributed by atoms with van der Waals surface area (Å²) in [5.41, 5.74) is 1.24. The molecule has 1 rings (SSSR count). The molecule has 6 heteroatoms. The van der Waals surface area contributed by atoms with Crippen LogP contribution in [0.25, 0.3) is 0 Å². The predicted molar refractivity (Wildman–Crippen MR) is 67.2 cm³/mol. The molecule has 0 atom stereocenters. The van der Waals surface area contributed by atoms with Crippen molar-refractivity contribution in [3.8, 4) is 0 Å². The minimum Gasteiger partial charge on any atom is -0.465 e. The molecule has 80 valence electrons. The van der Waals surface area contributed by atoms with E-state index in [1.165, 1.54) is 19.2 Å². The Morgan fingerprint density at radius 1 is 1.19 bits per heavy atom. The molecule has 0 aliphatic carbocycles. The maximum atomic E-state index is 11.3. The summed E-state index contributed by atoms with van der Waals surface area (Å²) in [7, 11) is 1.29. The van der Waals surface area contributed by atoms with Gasteiger partial charge in [-0.05, 0) is 42.6 Å². The van der Waals surface area contributed by atoms with Gasteiger partial charge < -0.3 is 4.74 Å². The summed E-state index contributed by atoms with van der Waals surface area (Å²) in [4.78, 5) is 18.9. The molecule has 4 nitrogen and oxygen atoms in total. The lowest BCUT2D eigenvalue weighted by Crippen LogP contribution is -2.00. The third-order valence-electron chi connectivity index (χ3n) is 1.67. The maximum absolute atomic E-state index is 11.3. The molecule has 0 unspecified atom stereocenters. The third kappa shape index (κ3) is 3.15. The largest absolute Gasteiger partial charge is 0.465 e. The first-order valence-electron chi connectivity index (χ1n) is 4.10. The van der Waals surface area contributed by atoms with Crippen LogP contribution in [0.5, 0.6) is 0 Å². The Kier molecular flexibility index (Phi) is 4.64. The number of rotatable bonds is 3. The van der Waals surface area contributed by atoms with Crippen LogP contribution in [0.2, 0.25) is 0 Å². The van der Waals surface area contributed by atoms with Crippen LogP contribution in [0.3, 0.4) is 0 Å². The van der Waals surface area contributed by atoms with Gasteiger partial charge in [0.25, 0.3) is 0 Å². The van der Waals surface area contributed by atoms with Crippen molar-refractivity contribution in [1.29, 1.82) is 0 Å². The zero-order chi connectivity index (χ0) is 12.0. The van der Waals surface area contributed by atoms with E-state index in [1.807, 2.05) is 0 Å². The van der Waals surface area contributed by atoms with Crippen molar-refractivity contribution in [1.82, 2.24) is 0 Å². The molecule has 0 amide bonds. The molecule has 0 bridgehead atoms. The van der Waals surface area contributed by atoms with Gasteiger partial charge in [0, 0.05) is 0 Å². The van der Waals surface area contributed by atoms with E-state index in [0.29, 0.717) is 16.9 Å². The lowest BCUT2D eigenvalue weighted by molar-refractivity contribution is 0.0601. The molecular weight excluding hydrogens is 244 g/mol. The molecule has 0 N–H and O–H groups in total. The van der Waals surface area contributed by atoms with Crippen LogP contribution >= 0.6 is 24.4 Å². The Labute approximate surface area is 103 Å². The van der Waals surface area contributed by atoms with Crippen LogP contribution < -0.4 is 0 Å². The van der Waals surface area contributed by atoms with E-state index >= 15 is 0 Å². The number of methoxy groups -OCH3 is 1. The first-order valence-corrected chi connectivity index (χ1v) is 4.92. The van der Waals surface area contributed by atoms with Crippen LogP contribution in [0.1, 0.15) is 10.4 Å². The second-order valence-corrected chi connectivity index (χ2v) is 3.00. The van der Waals surface area contributed by atoms with Gasteiger partial charge in [-0.2, -0.15) is 9.98 Å². The number of ether oxygens (including phenoxy) is 1. The molecule has 16 heavy (non-hydrogen) atoms. The van der Waals surface area contributed by atoms with E-state index < -0.39 is 5.97 Å². The summed E-state index contributed by atoms with van der Waals surface area (Å²) in [5.74, 6) is -0.484. The Hall–Kier alpha value is -1.71. The second kappa shape index (κ2) is 6.00. The molecule has 0 aliphatic heterocycles. The molecule has 0 spiro atoms. The van der Waals surface area contributed by atoms with Crippen molar-refractivity contribution in [3.05, 3.63) is 23.8 Å². The number of isothiocyanates is 2. The molecule has 1 aromatic carbocycles. The topological polar surface area (TPSA) is 51.0 Å². The van der Waals surface area contributed by atoms with Crippen LogP contribution in [0, 0.1) is 0 Å². The van der Waals surface area contributed by atoms with E-state index in [9.17, 15) is 4.79 Å². The fourth-order valence-corrected chi connectivity index (χ4v) is 1.28. The molecule has 0 saturated carbocycles. The highest BCUT2D eigenvalue weighted by Gasteiger charge is 2.08. The monoisotopic (exact) mass is 250 g/mol. The number of esters is 1. The molecule has 1 aromatic rings. The fraction of sp³-hybridized carbons (Fsp3) is 0.100. The molecule has 0 saturated heterocycles. The van der Waals surface area contributed by atoms with Gasteiger partial charge in [0.05, 0.1) is 34.4 Å². The van der Waals surface area contributed by atoms with Gasteiger partial charge in [-0.25, -0.2) is 4.79 Å². The summed E-state index contributed by atoms with van der Waals surface area (Å²) in [6, 6.07) is 4.64. The number of aliphatic imine (C=N–C) groups is 2. The van der Waals surface area contributed by atoms with E-state index in [1.54, 1.807) is 6.07 Å². The van der Waals surface area contributed by atoms with E-state index in [0.717, 1.165) is 0 Å². The molecular formula is C10H6N2O2S2. The van der Waals surface area contributed by atoms with Crippen molar-refractivity contribution in [3.63, 3.8) is 0 Å². The molecule has 0 heterocycles. The van der Waals surface area contributed by atoms with Gasteiger partial charge in [0.1, 0.15) is 0 Å². The minimum atomic E-state index is -0.484. The smallest absolute Gasteiger partial charge is 0.338 e. The lowest BCUT2D eigenvalue weighted by Gasteiger charge is -2.01. The van der Waals surface area contributed by atoms with Crippen molar-refractivity contribution < 1.29 is 9.53 Å². The highest BCUT2D eigenvalue weighted by molar-refractivity contribution is 7.78. The number of thiocarbonyl (C=S) groups is 2. The summed E-state index contributed by atoms with van der Waals surface area (Å²) < 4.78 is 4.59. The number of hydrogen-bond acceptors (Lipinski definition) is 6. The van der Waals surface area contributed by atoms with E-state index in [4.69, 9.17) is 0 Å². The van der Waals surface area contributed by atoms with Crippen LogP contribution in [-0.4, -0.2) is 23.4 Å². The number of carbonyl (C=O) groups is 1. The van der Waals surface area contributed by atoms with E-state index in [-0.39, 0.29) is 0 Å². The normalized spacial score (nSPS) is 8.56. The van der Waals surface area contributed by atoms with Crippen LogP contribution in [0.15, 0.2) is 28.2 Å². The fourth-order valence-electron chi connectivity index (χ4n) is 1.07. The van der Waals surface area contributed by atoms with Gasteiger partial charge in [-0.15, -0.1) is 0 Å². The minimum absolute atomic E-state index is 0.318. The van der Waals surface area contributed by atoms with Crippen molar-refractivity contribution in [2.75, 3.05) is 7.11 Å². The van der Waals surface area contributed by atoms with Crippen LogP contribution in [0.4, 0.5) is 11.4 Å². The third-order valence-corrected chi connectivity index (χ3v) is 1.86. The van der Waals surface area contributed by atoms with Gasteiger partial charge in [0.2, 0.25) is 0 Å². The standard InChI is InChI=1S/C10H6N2O2S2/c1-14-10(13)7-2-8(11-5-15)4-9(3-7)12-6-16/h2-4H,1H3. The average molecular weight is 250 g/mol. The molecule has 0 aliphatic rings. The van der Waals surface area contributed by atoms with Gasteiger partial charge in [-0.3, -0.25) is 0 Å². The lowest BCUT2D eigenvalue weighted by atomic mass is 10.2. The SMILES string of the molecule is COC(=O)c1cc(N=C=S)cc(N=C=S)c1. The van der Waals surface area contributed by atoms with Gasteiger partial charge >= 0.3 is 5.97 Å².